The van der Waals surface area contributed by atoms with Gasteiger partial charge in [-0.1, -0.05) is 5.92 Å². The molecule has 1 aliphatic heterocycles. The van der Waals surface area contributed by atoms with Crippen molar-refractivity contribution in [3.8, 4) is 11.8 Å². The van der Waals surface area contributed by atoms with E-state index in [1.54, 1.807) is 18.5 Å². The molecule has 1 aliphatic rings. The van der Waals surface area contributed by atoms with Crippen LogP contribution in [0.5, 0.6) is 0 Å². The van der Waals surface area contributed by atoms with E-state index < -0.39 is 0 Å². The fraction of sp³-hybridized carbons (Fsp3) is 0.562. The fourth-order valence-corrected chi connectivity index (χ4v) is 3.34. The molecule has 0 aromatic carbocycles. The van der Waals surface area contributed by atoms with Crippen molar-refractivity contribution < 1.29 is 0 Å². The number of halogens is 1. The van der Waals surface area contributed by atoms with Gasteiger partial charge in [-0.3, -0.25) is 9.13 Å². The van der Waals surface area contributed by atoms with Gasteiger partial charge in [-0.25, -0.2) is 4.79 Å². The summed E-state index contributed by atoms with van der Waals surface area (Å²) in [4.78, 5) is 23.5. The summed E-state index contributed by atoms with van der Waals surface area (Å²) in [5.41, 5.74) is 1.08. The minimum atomic E-state index is -0.159. The van der Waals surface area contributed by atoms with Crippen LogP contribution in [0.1, 0.15) is 19.8 Å². The van der Waals surface area contributed by atoms with E-state index in [0.29, 0.717) is 29.6 Å². The molecule has 0 amide bonds. The number of aromatic nitrogens is 4. The van der Waals surface area contributed by atoms with Crippen LogP contribution in [0.25, 0.3) is 11.2 Å². The lowest BCUT2D eigenvalue weighted by Crippen LogP contribution is -2.45. The number of likely N-dealkylation sites (N-methyl/N-ethyl adjacent to an activating group) is 1. The molecule has 0 saturated carbocycles. The lowest BCUT2D eigenvalue weighted by atomic mass is 10.1. The summed E-state index contributed by atoms with van der Waals surface area (Å²) < 4.78 is 3.13. The third-order valence-electron chi connectivity index (χ3n) is 4.47. The van der Waals surface area contributed by atoms with E-state index in [1.165, 1.54) is 4.57 Å². The number of imidazole rings is 1. The van der Waals surface area contributed by atoms with Crippen molar-refractivity contribution in [3.63, 3.8) is 0 Å². The average Bonchev–Trinajstić information content (AvgIpc) is 2.83. The van der Waals surface area contributed by atoms with Crippen LogP contribution in [0, 0.1) is 11.8 Å². The van der Waals surface area contributed by atoms with E-state index in [-0.39, 0.29) is 11.0 Å². The van der Waals surface area contributed by atoms with E-state index in [4.69, 9.17) is 11.6 Å². The van der Waals surface area contributed by atoms with Crippen LogP contribution in [0.4, 0.5) is 5.82 Å². The molecule has 1 fully saturated rings. The second-order valence-corrected chi connectivity index (χ2v) is 6.25. The molecule has 0 bridgehead atoms. The molecule has 0 aliphatic carbocycles. The van der Waals surface area contributed by atoms with Gasteiger partial charge in [0.15, 0.2) is 11.5 Å². The van der Waals surface area contributed by atoms with Crippen molar-refractivity contribution in [1.29, 1.82) is 0 Å². The highest BCUT2D eigenvalue weighted by molar-refractivity contribution is 6.28. The molecule has 1 atom stereocenters. The maximum atomic E-state index is 12.6. The van der Waals surface area contributed by atoms with Crippen molar-refractivity contribution in [1.82, 2.24) is 24.4 Å². The number of hydrogen-bond acceptors (Lipinski definition) is 5. The molecule has 0 radical (unpaired) electrons. The van der Waals surface area contributed by atoms with Gasteiger partial charge in [-0.2, -0.15) is 9.97 Å². The van der Waals surface area contributed by atoms with E-state index in [9.17, 15) is 4.79 Å². The maximum Gasteiger partial charge on any atom is 0.331 e. The van der Waals surface area contributed by atoms with E-state index in [2.05, 4.69) is 32.0 Å². The molecule has 8 heteroatoms. The first-order valence-electron chi connectivity index (χ1n) is 8.01. The van der Waals surface area contributed by atoms with Crippen LogP contribution in [-0.2, 0) is 13.6 Å². The van der Waals surface area contributed by atoms with Gasteiger partial charge in [0.05, 0.1) is 6.54 Å². The second kappa shape index (κ2) is 6.83. The minimum Gasteiger partial charge on any atom is -0.353 e. The van der Waals surface area contributed by atoms with Crippen molar-refractivity contribution in [2.24, 2.45) is 7.05 Å². The number of piperidine rings is 1. The highest BCUT2D eigenvalue weighted by Crippen LogP contribution is 2.27. The number of fused-ring (bicyclic) bond motifs is 1. The lowest BCUT2D eigenvalue weighted by molar-refractivity contribution is 0.448. The summed E-state index contributed by atoms with van der Waals surface area (Å²) >= 11 is 6.13. The smallest absolute Gasteiger partial charge is 0.331 e. The van der Waals surface area contributed by atoms with Crippen molar-refractivity contribution in [2.45, 2.75) is 32.4 Å². The Kier molecular flexibility index (Phi) is 4.78. The summed E-state index contributed by atoms with van der Waals surface area (Å²) in [6.45, 7) is 3.77. The van der Waals surface area contributed by atoms with Gasteiger partial charge in [0.25, 0.3) is 0 Å². The molecule has 24 heavy (non-hydrogen) atoms. The third kappa shape index (κ3) is 2.87. The SMILES string of the molecule is CC#CCn1c(=O)n(C)c2nc(Cl)nc(N3CCCC(NC)C3)c21. The first kappa shape index (κ1) is 16.8. The Morgan fingerprint density at radius 3 is 2.92 bits per heavy atom. The Morgan fingerprint density at radius 1 is 1.42 bits per heavy atom. The van der Waals surface area contributed by atoms with Crippen LogP contribution in [0.2, 0.25) is 5.28 Å². The van der Waals surface area contributed by atoms with E-state index >= 15 is 0 Å². The highest BCUT2D eigenvalue weighted by atomic mass is 35.5. The molecule has 1 N–H and O–H groups in total. The van der Waals surface area contributed by atoms with Gasteiger partial charge in [-0.05, 0) is 38.4 Å². The first-order chi connectivity index (χ1) is 11.6. The van der Waals surface area contributed by atoms with Gasteiger partial charge < -0.3 is 10.2 Å². The molecule has 1 unspecified atom stereocenters. The predicted molar refractivity (Wildman–Crippen MR) is 95.5 cm³/mol. The summed E-state index contributed by atoms with van der Waals surface area (Å²) in [6, 6.07) is 0.391. The van der Waals surface area contributed by atoms with E-state index in [0.717, 1.165) is 25.9 Å². The van der Waals surface area contributed by atoms with Crippen molar-refractivity contribution in [3.05, 3.63) is 15.8 Å². The molecular weight excluding hydrogens is 328 g/mol. The van der Waals surface area contributed by atoms with Gasteiger partial charge >= 0.3 is 5.69 Å². The van der Waals surface area contributed by atoms with Crippen molar-refractivity contribution >= 4 is 28.6 Å². The molecule has 2 aromatic rings. The molecular formula is C16H21ClN6O. The maximum absolute atomic E-state index is 12.6. The molecule has 128 valence electrons. The molecule has 0 spiro atoms. The highest BCUT2D eigenvalue weighted by Gasteiger charge is 2.25. The largest absolute Gasteiger partial charge is 0.353 e. The zero-order chi connectivity index (χ0) is 17.3. The number of rotatable bonds is 3. The number of nitrogens with zero attached hydrogens (tertiary/aromatic N) is 5. The summed E-state index contributed by atoms with van der Waals surface area (Å²) in [6.07, 6.45) is 2.18. The Balaban J connectivity index is 2.20. The van der Waals surface area contributed by atoms with Crippen LogP contribution in [-0.4, -0.2) is 45.3 Å². The number of nitrogens with one attached hydrogen (secondary N) is 1. The van der Waals surface area contributed by atoms with Gasteiger partial charge in [0.2, 0.25) is 5.28 Å². The molecule has 3 rings (SSSR count). The predicted octanol–water partition coefficient (Wildman–Crippen LogP) is 0.995. The average molecular weight is 349 g/mol. The number of anilines is 1. The summed E-state index contributed by atoms with van der Waals surface area (Å²) in [5, 5.41) is 3.47. The lowest BCUT2D eigenvalue weighted by Gasteiger charge is -2.33. The number of aryl methyl sites for hydroxylation is 1. The van der Waals surface area contributed by atoms with Gasteiger partial charge in [0, 0.05) is 26.2 Å². The Bertz CT molecular complexity index is 875. The Hall–Kier alpha value is -2.04. The minimum absolute atomic E-state index is 0.151. The Labute approximate surface area is 145 Å². The van der Waals surface area contributed by atoms with Crippen LogP contribution >= 0.6 is 11.6 Å². The van der Waals surface area contributed by atoms with Crippen molar-refractivity contribution in [2.75, 3.05) is 25.0 Å². The summed E-state index contributed by atoms with van der Waals surface area (Å²) in [7, 11) is 3.66. The number of hydrogen-bond donors (Lipinski definition) is 1. The quantitative estimate of drug-likeness (QED) is 0.662. The zero-order valence-electron chi connectivity index (χ0n) is 14.1. The van der Waals surface area contributed by atoms with Crippen LogP contribution in [0.15, 0.2) is 4.79 Å². The molecule has 7 nitrogen and oxygen atoms in total. The van der Waals surface area contributed by atoms with Gasteiger partial charge in [-0.15, -0.1) is 5.92 Å². The monoisotopic (exact) mass is 348 g/mol. The molecule has 3 heterocycles. The van der Waals surface area contributed by atoms with E-state index in [1.807, 2.05) is 7.05 Å². The molecule has 1 saturated heterocycles. The van der Waals surface area contributed by atoms with Gasteiger partial charge in [0.1, 0.15) is 5.52 Å². The topological polar surface area (TPSA) is 68.0 Å². The normalized spacial score (nSPS) is 17.8. The second-order valence-electron chi connectivity index (χ2n) is 5.92. The van der Waals surface area contributed by atoms with Crippen LogP contribution < -0.4 is 15.9 Å². The summed E-state index contributed by atoms with van der Waals surface area (Å²) in [5.74, 6) is 6.50. The van der Waals surface area contributed by atoms with Crippen LogP contribution in [0.3, 0.4) is 0 Å². The molecule has 2 aromatic heterocycles. The first-order valence-corrected chi connectivity index (χ1v) is 8.39. The Morgan fingerprint density at radius 2 is 2.21 bits per heavy atom. The zero-order valence-corrected chi connectivity index (χ0v) is 14.9. The fourth-order valence-electron chi connectivity index (χ4n) is 3.18. The standard InChI is InChI=1S/C16H21ClN6O/c1-4-5-9-23-12-13(21(3)16(23)24)19-15(17)20-14(12)22-8-6-7-11(10-22)18-2/h11,18H,6-10H2,1-3H3. The third-order valence-corrected chi connectivity index (χ3v) is 4.64.